The molecule has 1 aromatic carbocycles. The highest BCUT2D eigenvalue weighted by atomic mass is 16.5. The number of carbonyl (C=O) groups is 3. The van der Waals surface area contributed by atoms with Crippen LogP contribution in [-0.4, -0.2) is 35.9 Å². The normalized spacial score (nSPS) is 14.2. The zero-order valence-corrected chi connectivity index (χ0v) is 11.9. The molecule has 0 aromatic heterocycles. The largest absolute Gasteiger partial charge is 0.427 e. The SMILES string of the molecule is CCc1ccc(OC(=O)CCCN2C(=O)CNC2=O)cc1. The summed E-state index contributed by atoms with van der Waals surface area (Å²) in [5.41, 5.74) is 1.17. The molecule has 6 nitrogen and oxygen atoms in total. The van der Waals surface area contributed by atoms with Crippen LogP contribution in [0.3, 0.4) is 0 Å². The molecule has 0 unspecified atom stereocenters. The third-order valence-corrected chi connectivity index (χ3v) is 3.26. The van der Waals surface area contributed by atoms with Crippen LogP contribution in [0, 0.1) is 0 Å². The second-order valence-corrected chi connectivity index (χ2v) is 4.78. The van der Waals surface area contributed by atoms with Gasteiger partial charge in [0.15, 0.2) is 0 Å². The highest BCUT2D eigenvalue weighted by Gasteiger charge is 2.27. The Morgan fingerprint density at radius 1 is 1.29 bits per heavy atom. The Kier molecular flexibility index (Phi) is 4.92. The van der Waals surface area contributed by atoms with Gasteiger partial charge in [0.2, 0.25) is 5.91 Å². The molecule has 112 valence electrons. The third kappa shape index (κ3) is 4.05. The van der Waals surface area contributed by atoms with E-state index in [2.05, 4.69) is 12.2 Å². The van der Waals surface area contributed by atoms with Crippen molar-refractivity contribution in [1.82, 2.24) is 10.2 Å². The Balaban J connectivity index is 1.74. The molecule has 1 aliphatic rings. The van der Waals surface area contributed by atoms with E-state index in [1.54, 1.807) is 12.1 Å². The van der Waals surface area contributed by atoms with E-state index in [4.69, 9.17) is 4.74 Å². The molecule has 0 bridgehead atoms. The number of hydrogen-bond donors (Lipinski definition) is 1. The summed E-state index contributed by atoms with van der Waals surface area (Å²) in [7, 11) is 0. The van der Waals surface area contributed by atoms with E-state index >= 15 is 0 Å². The molecule has 0 aliphatic carbocycles. The lowest BCUT2D eigenvalue weighted by molar-refractivity contribution is -0.135. The van der Waals surface area contributed by atoms with E-state index in [9.17, 15) is 14.4 Å². The third-order valence-electron chi connectivity index (χ3n) is 3.26. The molecule has 0 atom stereocenters. The van der Waals surface area contributed by atoms with Crippen molar-refractivity contribution in [1.29, 1.82) is 0 Å². The highest BCUT2D eigenvalue weighted by molar-refractivity contribution is 6.01. The fraction of sp³-hybridized carbons (Fsp3) is 0.400. The first-order valence-corrected chi connectivity index (χ1v) is 6.98. The van der Waals surface area contributed by atoms with Crippen LogP contribution in [0.4, 0.5) is 4.79 Å². The maximum Gasteiger partial charge on any atom is 0.324 e. The Morgan fingerprint density at radius 3 is 2.57 bits per heavy atom. The molecular weight excluding hydrogens is 272 g/mol. The smallest absolute Gasteiger partial charge is 0.324 e. The minimum Gasteiger partial charge on any atom is -0.427 e. The molecule has 3 amide bonds. The summed E-state index contributed by atoms with van der Waals surface area (Å²) in [6.07, 6.45) is 1.48. The number of ether oxygens (including phenoxy) is 1. The van der Waals surface area contributed by atoms with E-state index in [1.807, 2.05) is 12.1 Å². The minimum atomic E-state index is -0.400. The molecule has 0 saturated carbocycles. The fourth-order valence-corrected chi connectivity index (χ4v) is 2.04. The van der Waals surface area contributed by atoms with Crippen molar-refractivity contribution in [2.75, 3.05) is 13.1 Å². The summed E-state index contributed by atoms with van der Waals surface area (Å²) >= 11 is 0. The van der Waals surface area contributed by atoms with Gasteiger partial charge < -0.3 is 10.1 Å². The van der Waals surface area contributed by atoms with E-state index in [0.29, 0.717) is 12.2 Å². The highest BCUT2D eigenvalue weighted by Crippen LogP contribution is 2.13. The van der Waals surface area contributed by atoms with Crippen LogP contribution in [0.15, 0.2) is 24.3 Å². The first-order valence-electron chi connectivity index (χ1n) is 6.98. The van der Waals surface area contributed by atoms with Gasteiger partial charge in [-0.05, 0) is 30.5 Å². The summed E-state index contributed by atoms with van der Waals surface area (Å²) < 4.78 is 5.19. The number of amides is 3. The van der Waals surface area contributed by atoms with Crippen LogP contribution < -0.4 is 10.1 Å². The predicted octanol–water partition coefficient (Wildman–Crippen LogP) is 1.49. The van der Waals surface area contributed by atoms with Crippen molar-refractivity contribution < 1.29 is 19.1 Å². The van der Waals surface area contributed by atoms with Crippen molar-refractivity contribution in [3.8, 4) is 5.75 Å². The number of nitrogens with zero attached hydrogens (tertiary/aromatic N) is 1. The zero-order valence-electron chi connectivity index (χ0n) is 11.9. The second-order valence-electron chi connectivity index (χ2n) is 4.78. The van der Waals surface area contributed by atoms with Crippen molar-refractivity contribution >= 4 is 17.9 Å². The minimum absolute atomic E-state index is 0.0348. The van der Waals surface area contributed by atoms with E-state index in [0.717, 1.165) is 11.3 Å². The average Bonchev–Trinajstić information content (AvgIpc) is 2.80. The van der Waals surface area contributed by atoms with Crippen LogP contribution in [-0.2, 0) is 16.0 Å². The average molecular weight is 290 g/mol. The van der Waals surface area contributed by atoms with Gasteiger partial charge in [0.25, 0.3) is 0 Å². The first-order chi connectivity index (χ1) is 10.1. The lowest BCUT2D eigenvalue weighted by Gasteiger charge is -2.11. The number of esters is 1. The first kappa shape index (κ1) is 15.0. The summed E-state index contributed by atoms with van der Waals surface area (Å²) in [5, 5.41) is 2.43. The fourth-order valence-electron chi connectivity index (χ4n) is 2.04. The van der Waals surface area contributed by atoms with E-state index < -0.39 is 6.03 Å². The maximum absolute atomic E-state index is 11.7. The molecule has 1 saturated heterocycles. The van der Waals surface area contributed by atoms with Crippen LogP contribution in [0.5, 0.6) is 5.75 Å². The van der Waals surface area contributed by atoms with Gasteiger partial charge >= 0.3 is 12.0 Å². The number of carbonyl (C=O) groups excluding carboxylic acids is 3. The standard InChI is InChI=1S/C15H18N2O4/c1-2-11-5-7-12(8-6-11)21-14(19)4-3-9-17-13(18)10-16-15(17)20/h5-8H,2-4,9-10H2,1H3,(H,16,20). The van der Waals surface area contributed by atoms with Gasteiger partial charge in [0.1, 0.15) is 5.75 Å². The Morgan fingerprint density at radius 2 is 2.00 bits per heavy atom. The zero-order chi connectivity index (χ0) is 15.2. The number of benzene rings is 1. The molecule has 0 radical (unpaired) electrons. The predicted molar refractivity (Wildman–Crippen MR) is 75.8 cm³/mol. The number of aryl methyl sites for hydroxylation is 1. The molecule has 21 heavy (non-hydrogen) atoms. The Labute approximate surface area is 123 Å². The van der Waals surface area contributed by atoms with Crippen LogP contribution in [0.2, 0.25) is 0 Å². The molecule has 2 rings (SSSR count). The lowest BCUT2D eigenvalue weighted by Crippen LogP contribution is -2.32. The number of nitrogens with one attached hydrogen (secondary N) is 1. The summed E-state index contributed by atoms with van der Waals surface area (Å²) in [4.78, 5) is 35.4. The summed E-state index contributed by atoms with van der Waals surface area (Å²) in [6, 6.07) is 6.94. The van der Waals surface area contributed by atoms with Crippen molar-refractivity contribution in [3.05, 3.63) is 29.8 Å². The van der Waals surface area contributed by atoms with Gasteiger partial charge in [-0.3, -0.25) is 14.5 Å². The summed E-state index contributed by atoms with van der Waals surface area (Å²) in [5.74, 6) is -0.123. The maximum atomic E-state index is 11.7. The van der Waals surface area contributed by atoms with Gasteiger partial charge in [0, 0.05) is 13.0 Å². The van der Waals surface area contributed by atoms with Gasteiger partial charge in [-0.2, -0.15) is 0 Å². The molecule has 1 aromatic rings. The molecule has 0 spiro atoms. The lowest BCUT2D eigenvalue weighted by atomic mass is 10.2. The van der Waals surface area contributed by atoms with Gasteiger partial charge in [0.05, 0.1) is 6.54 Å². The number of hydrogen-bond acceptors (Lipinski definition) is 4. The Bertz CT molecular complexity index is 523. The molecular formula is C15H18N2O4. The van der Waals surface area contributed by atoms with Crippen molar-refractivity contribution in [3.63, 3.8) is 0 Å². The number of imide groups is 1. The quantitative estimate of drug-likeness (QED) is 0.489. The van der Waals surface area contributed by atoms with Crippen LogP contribution in [0.25, 0.3) is 0 Å². The van der Waals surface area contributed by atoms with E-state index in [-0.39, 0.29) is 31.4 Å². The molecule has 1 aliphatic heterocycles. The van der Waals surface area contributed by atoms with Crippen LogP contribution >= 0.6 is 0 Å². The van der Waals surface area contributed by atoms with Crippen LogP contribution in [0.1, 0.15) is 25.3 Å². The molecule has 6 heteroatoms. The van der Waals surface area contributed by atoms with Gasteiger partial charge in [-0.25, -0.2) is 4.79 Å². The molecule has 1 N–H and O–H groups in total. The van der Waals surface area contributed by atoms with E-state index in [1.165, 1.54) is 5.56 Å². The van der Waals surface area contributed by atoms with Gasteiger partial charge in [-0.1, -0.05) is 19.1 Å². The monoisotopic (exact) mass is 290 g/mol. The van der Waals surface area contributed by atoms with Crippen molar-refractivity contribution in [2.45, 2.75) is 26.2 Å². The Hall–Kier alpha value is -2.37. The topological polar surface area (TPSA) is 75.7 Å². The van der Waals surface area contributed by atoms with Gasteiger partial charge in [-0.15, -0.1) is 0 Å². The molecule has 1 fully saturated rings. The summed E-state index contributed by atoms with van der Waals surface area (Å²) in [6.45, 7) is 2.32. The molecule has 1 heterocycles. The number of urea groups is 1. The second kappa shape index (κ2) is 6.88. The number of rotatable bonds is 6. The van der Waals surface area contributed by atoms with Crippen molar-refractivity contribution in [2.24, 2.45) is 0 Å².